The minimum atomic E-state index is 0.296. The highest BCUT2D eigenvalue weighted by Crippen LogP contribution is 2.25. The highest BCUT2D eigenvalue weighted by Gasteiger charge is 2.20. The van der Waals surface area contributed by atoms with Crippen molar-refractivity contribution in [3.05, 3.63) is 40.8 Å². The molecule has 116 valence electrons. The van der Waals surface area contributed by atoms with Crippen molar-refractivity contribution in [2.75, 3.05) is 24.3 Å². The zero-order valence-electron chi connectivity index (χ0n) is 13.0. The number of nitrogens with two attached hydrogens (primary N) is 1. The maximum atomic E-state index is 5.82. The number of hydrogen-bond acceptors (Lipinski definition) is 6. The molecule has 0 spiro atoms. The first-order valence-corrected chi connectivity index (χ1v) is 7.50. The van der Waals surface area contributed by atoms with Crippen LogP contribution in [0, 0.1) is 13.8 Å². The van der Waals surface area contributed by atoms with E-state index < -0.39 is 0 Å². The summed E-state index contributed by atoms with van der Waals surface area (Å²) in [5.41, 5.74) is 10.1. The molecular weight excluding hydrogens is 278 g/mol. The molecule has 1 atom stereocenters. The van der Waals surface area contributed by atoms with Gasteiger partial charge in [0.25, 0.3) is 0 Å². The van der Waals surface area contributed by atoms with Crippen molar-refractivity contribution in [1.29, 1.82) is 0 Å². The van der Waals surface area contributed by atoms with E-state index in [9.17, 15) is 0 Å². The Hall–Kier alpha value is -2.21. The Labute approximate surface area is 130 Å². The van der Waals surface area contributed by atoms with Crippen LogP contribution < -0.4 is 11.1 Å². The van der Waals surface area contributed by atoms with Gasteiger partial charge in [-0.05, 0) is 31.4 Å². The predicted octanol–water partition coefficient (Wildman–Crippen LogP) is 2.19. The Kier molecular flexibility index (Phi) is 4.20. The molecule has 3 N–H and O–H groups in total. The summed E-state index contributed by atoms with van der Waals surface area (Å²) >= 11 is 0. The number of nitrogens with one attached hydrogen (secondary N) is 1. The third-order valence-corrected chi connectivity index (χ3v) is 3.98. The molecule has 2 aromatic heterocycles. The molecule has 6 heteroatoms. The van der Waals surface area contributed by atoms with E-state index in [2.05, 4.69) is 33.3 Å². The number of nitrogen functional groups attached to an aromatic ring is 1. The van der Waals surface area contributed by atoms with Crippen LogP contribution in [0.4, 0.5) is 11.8 Å². The SMILES string of the molecule is Cc1cc(CNc2cc(C3CCOC3)nc(N)n2)cnc1C. The number of aromatic nitrogens is 3. The van der Waals surface area contributed by atoms with Crippen LogP contribution in [0.5, 0.6) is 0 Å². The zero-order chi connectivity index (χ0) is 15.5. The van der Waals surface area contributed by atoms with E-state index in [4.69, 9.17) is 10.5 Å². The molecule has 0 radical (unpaired) electrons. The van der Waals surface area contributed by atoms with Gasteiger partial charge >= 0.3 is 0 Å². The van der Waals surface area contributed by atoms with Gasteiger partial charge in [0.05, 0.1) is 12.3 Å². The van der Waals surface area contributed by atoms with Gasteiger partial charge in [0, 0.05) is 37.0 Å². The van der Waals surface area contributed by atoms with E-state index in [0.717, 1.165) is 35.8 Å². The molecule has 1 fully saturated rings. The van der Waals surface area contributed by atoms with Crippen molar-refractivity contribution in [1.82, 2.24) is 15.0 Å². The van der Waals surface area contributed by atoms with E-state index in [1.54, 1.807) is 0 Å². The Morgan fingerprint density at radius 2 is 2.18 bits per heavy atom. The predicted molar refractivity (Wildman–Crippen MR) is 85.7 cm³/mol. The molecule has 3 rings (SSSR count). The maximum Gasteiger partial charge on any atom is 0.222 e. The minimum absolute atomic E-state index is 0.296. The molecule has 1 aliphatic heterocycles. The molecule has 22 heavy (non-hydrogen) atoms. The van der Waals surface area contributed by atoms with Crippen LogP contribution >= 0.6 is 0 Å². The summed E-state index contributed by atoms with van der Waals surface area (Å²) in [6, 6.07) is 4.09. The maximum absolute atomic E-state index is 5.82. The van der Waals surface area contributed by atoms with Crippen molar-refractivity contribution in [2.24, 2.45) is 0 Å². The summed E-state index contributed by atoms with van der Waals surface area (Å²) in [5, 5.41) is 3.30. The minimum Gasteiger partial charge on any atom is -0.381 e. The summed E-state index contributed by atoms with van der Waals surface area (Å²) < 4.78 is 5.41. The Morgan fingerprint density at radius 3 is 2.91 bits per heavy atom. The number of ether oxygens (including phenoxy) is 1. The Bertz CT molecular complexity index is 668. The van der Waals surface area contributed by atoms with Crippen molar-refractivity contribution < 1.29 is 4.74 Å². The normalized spacial score (nSPS) is 17.6. The molecule has 0 bridgehead atoms. The molecule has 2 aromatic rings. The molecule has 1 aliphatic rings. The van der Waals surface area contributed by atoms with Crippen molar-refractivity contribution >= 4 is 11.8 Å². The average Bonchev–Trinajstić information content (AvgIpc) is 3.02. The lowest BCUT2D eigenvalue weighted by atomic mass is 10.0. The van der Waals surface area contributed by atoms with Crippen LogP contribution in [-0.2, 0) is 11.3 Å². The molecule has 1 saturated heterocycles. The molecule has 6 nitrogen and oxygen atoms in total. The van der Waals surface area contributed by atoms with Crippen molar-refractivity contribution in [2.45, 2.75) is 32.7 Å². The molecule has 1 unspecified atom stereocenters. The number of hydrogen-bond donors (Lipinski definition) is 2. The Morgan fingerprint density at radius 1 is 1.32 bits per heavy atom. The molecule has 0 amide bonds. The van der Waals surface area contributed by atoms with E-state index in [-0.39, 0.29) is 0 Å². The van der Waals surface area contributed by atoms with Gasteiger partial charge in [0.15, 0.2) is 0 Å². The largest absolute Gasteiger partial charge is 0.381 e. The number of pyridine rings is 1. The smallest absolute Gasteiger partial charge is 0.222 e. The van der Waals surface area contributed by atoms with Crippen LogP contribution in [0.2, 0.25) is 0 Å². The van der Waals surface area contributed by atoms with Gasteiger partial charge in [-0.2, -0.15) is 4.98 Å². The molecule has 0 saturated carbocycles. The monoisotopic (exact) mass is 299 g/mol. The van der Waals surface area contributed by atoms with E-state index in [1.165, 1.54) is 5.56 Å². The van der Waals surface area contributed by atoms with Gasteiger partial charge in [-0.3, -0.25) is 4.98 Å². The standard InChI is InChI=1S/C16H21N5O/c1-10-5-12(7-18-11(10)2)8-19-15-6-14(20-16(17)21-15)13-3-4-22-9-13/h5-7,13H,3-4,8-9H2,1-2H3,(H3,17,19,20,21). The van der Waals surface area contributed by atoms with Crippen LogP contribution in [0.3, 0.4) is 0 Å². The first-order chi connectivity index (χ1) is 10.6. The van der Waals surface area contributed by atoms with E-state index in [0.29, 0.717) is 25.0 Å². The summed E-state index contributed by atoms with van der Waals surface area (Å²) in [6.07, 6.45) is 2.86. The Balaban J connectivity index is 1.72. The lowest BCUT2D eigenvalue weighted by Crippen LogP contribution is -2.09. The van der Waals surface area contributed by atoms with Gasteiger partial charge in [-0.15, -0.1) is 0 Å². The van der Waals surface area contributed by atoms with Gasteiger partial charge in [0.1, 0.15) is 5.82 Å². The van der Waals surface area contributed by atoms with Crippen molar-refractivity contribution in [3.63, 3.8) is 0 Å². The average molecular weight is 299 g/mol. The number of rotatable bonds is 4. The topological polar surface area (TPSA) is 86.0 Å². The first-order valence-electron chi connectivity index (χ1n) is 7.50. The zero-order valence-corrected chi connectivity index (χ0v) is 13.0. The van der Waals surface area contributed by atoms with Gasteiger partial charge < -0.3 is 15.8 Å². The first kappa shape index (κ1) is 14.7. The summed E-state index contributed by atoms with van der Waals surface area (Å²) in [5.74, 6) is 1.35. The van der Waals surface area contributed by atoms with Gasteiger partial charge in [-0.1, -0.05) is 6.07 Å². The van der Waals surface area contributed by atoms with Crippen molar-refractivity contribution in [3.8, 4) is 0 Å². The fourth-order valence-corrected chi connectivity index (χ4v) is 2.54. The van der Waals surface area contributed by atoms with E-state index in [1.807, 2.05) is 19.2 Å². The molecule has 3 heterocycles. The third kappa shape index (κ3) is 3.33. The number of aryl methyl sites for hydroxylation is 2. The lowest BCUT2D eigenvalue weighted by Gasteiger charge is -2.12. The highest BCUT2D eigenvalue weighted by molar-refractivity contribution is 5.42. The number of anilines is 2. The third-order valence-electron chi connectivity index (χ3n) is 3.98. The van der Waals surface area contributed by atoms with Crippen LogP contribution in [-0.4, -0.2) is 28.2 Å². The molecule has 0 aromatic carbocycles. The number of nitrogens with zero attached hydrogens (tertiary/aromatic N) is 3. The van der Waals surface area contributed by atoms with Crippen LogP contribution in [0.25, 0.3) is 0 Å². The molecular formula is C16H21N5O. The fraction of sp³-hybridized carbons (Fsp3) is 0.438. The summed E-state index contributed by atoms with van der Waals surface area (Å²) in [7, 11) is 0. The fourth-order valence-electron chi connectivity index (χ4n) is 2.54. The second-order valence-corrected chi connectivity index (χ2v) is 5.70. The quantitative estimate of drug-likeness (QED) is 0.900. The highest BCUT2D eigenvalue weighted by atomic mass is 16.5. The van der Waals surface area contributed by atoms with Crippen LogP contribution in [0.1, 0.15) is 34.9 Å². The second kappa shape index (κ2) is 6.27. The molecule has 0 aliphatic carbocycles. The van der Waals surface area contributed by atoms with Gasteiger partial charge in [-0.25, -0.2) is 4.98 Å². The van der Waals surface area contributed by atoms with Crippen LogP contribution in [0.15, 0.2) is 18.3 Å². The summed E-state index contributed by atoms with van der Waals surface area (Å²) in [4.78, 5) is 13.0. The summed E-state index contributed by atoms with van der Waals surface area (Å²) in [6.45, 7) is 6.22. The lowest BCUT2D eigenvalue weighted by molar-refractivity contribution is 0.193. The second-order valence-electron chi connectivity index (χ2n) is 5.70. The van der Waals surface area contributed by atoms with Gasteiger partial charge in [0.2, 0.25) is 5.95 Å². The van der Waals surface area contributed by atoms with E-state index >= 15 is 0 Å².